The van der Waals surface area contributed by atoms with Crippen molar-refractivity contribution in [2.45, 2.75) is 45.1 Å². The van der Waals surface area contributed by atoms with Crippen molar-refractivity contribution >= 4 is 44.0 Å². The number of carbonyl (C=O) groups excluding carboxylic acids is 1. The minimum Gasteiger partial charge on any atom is -0.444 e. The average molecular weight is 431 g/mol. The standard InChI is InChI=1S/C20H23BrN4O2/c1-20(2,3)27-19(26)25-8-4-5-12(11-25)18-23-16-10-22-15-9-13(21)6-7-14(15)17(16)24-18/h6-7,9-10,12H,4-5,8,11H2,1-3H3,(H,23,24)/t12-/m0/s1. The third-order valence-electron chi connectivity index (χ3n) is 4.76. The van der Waals surface area contributed by atoms with Crippen LogP contribution in [-0.4, -0.2) is 44.6 Å². The number of imidazole rings is 1. The highest BCUT2D eigenvalue weighted by Crippen LogP contribution is 2.30. The number of aromatic amines is 1. The van der Waals surface area contributed by atoms with Gasteiger partial charge in [-0.3, -0.25) is 4.98 Å². The van der Waals surface area contributed by atoms with Gasteiger partial charge in [-0.1, -0.05) is 15.9 Å². The van der Waals surface area contributed by atoms with E-state index >= 15 is 0 Å². The van der Waals surface area contributed by atoms with Crippen LogP contribution in [0.2, 0.25) is 0 Å². The molecule has 1 saturated heterocycles. The third kappa shape index (κ3) is 3.78. The summed E-state index contributed by atoms with van der Waals surface area (Å²) >= 11 is 3.49. The van der Waals surface area contributed by atoms with E-state index in [4.69, 9.17) is 9.72 Å². The number of H-pyrrole nitrogens is 1. The first-order chi connectivity index (χ1) is 12.8. The van der Waals surface area contributed by atoms with Crippen LogP contribution in [-0.2, 0) is 4.74 Å². The van der Waals surface area contributed by atoms with E-state index in [1.165, 1.54) is 0 Å². The molecule has 1 N–H and O–H groups in total. The zero-order valence-corrected chi connectivity index (χ0v) is 17.3. The number of pyridine rings is 1. The molecule has 27 heavy (non-hydrogen) atoms. The monoisotopic (exact) mass is 430 g/mol. The molecule has 1 aliphatic heterocycles. The van der Waals surface area contributed by atoms with E-state index in [1.807, 2.05) is 45.2 Å². The molecule has 0 saturated carbocycles. The maximum absolute atomic E-state index is 12.4. The molecule has 1 aliphatic rings. The molecule has 6 nitrogen and oxygen atoms in total. The maximum Gasteiger partial charge on any atom is 0.410 e. The van der Waals surface area contributed by atoms with E-state index < -0.39 is 5.60 Å². The Labute approximate surface area is 166 Å². The zero-order valence-electron chi connectivity index (χ0n) is 15.8. The third-order valence-corrected chi connectivity index (χ3v) is 5.25. The fourth-order valence-corrected chi connectivity index (χ4v) is 3.89. The summed E-state index contributed by atoms with van der Waals surface area (Å²) in [5.41, 5.74) is 2.28. The maximum atomic E-state index is 12.4. The second-order valence-corrected chi connectivity index (χ2v) is 8.99. The van der Waals surface area contributed by atoms with Crippen LogP contribution in [0.25, 0.3) is 21.9 Å². The number of fused-ring (bicyclic) bond motifs is 3. The minimum absolute atomic E-state index is 0.171. The molecule has 0 spiro atoms. The van der Waals surface area contributed by atoms with Crippen LogP contribution in [0.15, 0.2) is 28.9 Å². The van der Waals surface area contributed by atoms with Crippen molar-refractivity contribution < 1.29 is 9.53 Å². The van der Waals surface area contributed by atoms with E-state index in [-0.39, 0.29) is 12.0 Å². The Hall–Kier alpha value is -2.15. The molecule has 0 aliphatic carbocycles. The van der Waals surface area contributed by atoms with Crippen molar-refractivity contribution in [1.82, 2.24) is 19.9 Å². The summed E-state index contributed by atoms with van der Waals surface area (Å²) in [6, 6.07) is 6.03. The number of nitrogens with zero attached hydrogens (tertiary/aromatic N) is 3. The highest BCUT2D eigenvalue weighted by molar-refractivity contribution is 9.10. The van der Waals surface area contributed by atoms with E-state index in [1.54, 1.807) is 4.90 Å². The molecule has 1 atom stereocenters. The van der Waals surface area contributed by atoms with Crippen molar-refractivity contribution in [2.75, 3.05) is 13.1 Å². The quantitative estimate of drug-likeness (QED) is 0.590. The smallest absolute Gasteiger partial charge is 0.410 e. The summed E-state index contributed by atoms with van der Waals surface area (Å²) in [5, 5.41) is 1.03. The first-order valence-electron chi connectivity index (χ1n) is 9.22. The Morgan fingerprint density at radius 1 is 1.37 bits per heavy atom. The number of benzene rings is 1. The first-order valence-corrected chi connectivity index (χ1v) is 10.0. The van der Waals surface area contributed by atoms with Gasteiger partial charge in [0.05, 0.1) is 22.7 Å². The van der Waals surface area contributed by atoms with Crippen LogP contribution in [0.3, 0.4) is 0 Å². The van der Waals surface area contributed by atoms with Gasteiger partial charge in [0.25, 0.3) is 0 Å². The number of nitrogens with one attached hydrogen (secondary N) is 1. The molecule has 3 heterocycles. The Bertz CT molecular complexity index is 1010. The number of likely N-dealkylation sites (tertiary alicyclic amines) is 1. The minimum atomic E-state index is -0.484. The van der Waals surface area contributed by atoms with Crippen LogP contribution in [0.4, 0.5) is 4.79 Å². The Morgan fingerprint density at radius 3 is 2.96 bits per heavy atom. The molecule has 3 aromatic rings. The Morgan fingerprint density at radius 2 is 2.19 bits per heavy atom. The second-order valence-electron chi connectivity index (χ2n) is 8.07. The fourth-order valence-electron chi connectivity index (χ4n) is 3.54. The fraction of sp³-hybridized carbons (Fsp3) is 0.450. The summed E-state index contributed by atoms with van der Waals surface area (Å²) in [6.07, 6.45) is 3.51. The molecule has 0 bridgehead atoms. The largest absolute Gasteiger partial charge is 0.444 e. The predicted molar refractivity (Wildman–Crippen MR) is 109 cm³/mol. The van der Waals surface area contributed by atoms with Crippen molar-refractivity contribution in [3.05, 3.63) is 34.7 Å². The van der Waals surface area contributed by atoms with Gasteiger partial charge in [0.1, 0.15) is 11.4 Å². The van der Waals surface area contributed by atoms with Gasteiger partial charge in [0, 0.05) is 28.9 Å². The number of hydrogen-bond donors (Lipinski definition) is 1. The normalized spacial score (nSPS) is 18.2. The highest BCUT2D eigenvalue weighted by atomic mass is 79.9. The lowest BCUT2D eigenvalue weighted by Gasteiger charge is -2.33. The van der Waals surface area contributed by atoms with E-state index in [2.05, 4.69) is 25.9 Å². The van der Waals surface area contributed by atoms with Gasteiger partial charge in [0.15, 0.2) is 0 Å². The molecule has 1 aromatic carbocycles. The van der Waals surface area contributed by atoms with Crippen LogP contribution in [0.1, 0.15) is 45.4 Å². The summed E-state index contributed by atoms with van der Waals surface area (Å²) in [7, 11) is 0. The van der Waals surface area contributed by atoms with Crippen LogP contribution in [0, 0.1) is 0 Å². The number of halogens is 1. The molecule has 4 rings (SSSR count). The van der Waals surface area contributed by atoms with Gasteiger partial charge in [-0.2, -0.15) is 0 Å². The average Bonchev–Trinajstić information content (AvgIpc) is 3.04. The lowest BCUT2D eigenvalue weighted by atomic mass is 9.98. The summed E-state index contributed by atoms with van der Waals surface area (Å²) in [4.78, 5) is 27.0. The van der Waals surface area contributed by atoms with Gasteiger partial charge >= 0.3 is 6.09 Å². The SMILES string of the molecule is CC(C)(C)OC(=O)N1CCC[C@H](c2nc3c(cnc4cc(Br)ccc43)[nH]2)C1. The molecule has 0 unspecified atom stereocenters. The predicted octanol–water partition coefficient (Wildman–Crippen LogP) is 4.99. The first kappa shape index (κ1) is 18.2. The Balaban J connectivity index is 1.62. The molecular formula is C20H23BrN4O2. The van der Waals surface area contributed by atoms with Crippen LogP contribution < -0.4 is 0 Å². The molecule has 1 amide bonds. The van der Waals surface area contributed by atoms with Crippen molar-refractivity contribution in [3.8, 4) is 0 Å². The van der Waals surface area contributed by atoms with Gasteiger partial charge in [-0.05, 0) is 51.8 Å². The number of ether oxygens (including phenoxy) is 1. The van der Waals surface area contributed by atoms with E-state index in [0.717, 1.165) is 51.6 Å². The van der Waals surface area contributed by atoms with Crippen LogP contribution >= 0.6 is 15.9 Å². The van der Waals surface area contributed by atoms with Gasteiger partial charge in [-0.15, -0.1) is 0 Å². The summed E-state index contributed by atoms with van der Waals surface area (Å²) < 4.78 is 6.53. The molecule has 7 heteroatoms. The van der Waals surface area contributed by atoms with Crippen molar-refractivity contribution in [2.24, 2.45) is 0 Å². The zero-order chi connectivity index (χ0) is 19.2. The molecule has 142 valence electrons. The topological polar surface area (TPSA) is 71.1 Å². The molecule has 0 radical (unpaired) electrons. The Kier molecular flexibility index (Phi) is 4.58. The van der Waals surface area contributed by atoms with Gasteiger partial charge in [-0.25, -0.2) is 9.78 Å². The van der Waals surface area contributed by atoms with Crippen molar-refractivity contribution in [1.29, 1.82) is 0 Å². The summed E-state index contributed by atoms with van der Waals surface area (Å²) in [5.74, 6) is 1.08. The van der Waals surface area contributed by atoms with Crippen LogP contribution in [0.5, 0.6) is 0 Å². The molecule has 1 fully saturated rings. The number of aromatic nitrogens is 3. The summed E-state index contributed by atoms with van der Waals surface area (Å²) in [6.45, 7) is 7.02. The lowest BCUT2D eigenvalue weighted by Crippen LogP contribution is -2.42. The number of carbonyl (C=O) groups is 1. The molecule has 2 aromatic heterocycles. The number of hydrogen-bond acceptors (Lipinski definition) is 4. The van der Waals surface area contributed by atoms with E-state index in [0.29, 0.717) is 6.54 Å². The van der Waals surface area contributed by atoms with Crippen molar-refractivity contribution in [3.63, 3.8) is 0 Å². The van der Waals surface area contributed by atoms with E-state index in [9.17, 15) is 4.79 Å². The number of piperidine rings is 1. The molecular weight excluding hydrogens is 408 g/mol. The van der Waals surface area contributed by atoms with Gasteiger partial charge in [0.2, 0.25) is 0 Å². The highest BCUT2D eigenvalue weighted by Gasteiger charge is 2.30. The number of amides is 1. The lowest BCUT2D eigenvalue weighted by molar-refractivity contribution is 0.0196. The number of rotatable bonds is 1. The second kappa shape index (κ2) is 6.78. The van der Waals surface area contributed by atoms with Gasteiger partial charge < -0.3 is 14.6 Å².